The Labute approximate surface area is 347 Å². The van der Waals surface area contributed by atoms with Gasteiger partial charge in [0, 0.05) is 60.2 Å². The molecule has 3 aromatic carbocycles. The molecule has 6 heterocycles. The number of hydrogen-bond donors (Lipinski definition) is 2. The highest BCUT2D eigenvalue weighted by Gasteiger charge is 2.29. The standard InChI is InChI=1S/C46H48N10O4/c1-27-21-31(13-14-32(27)23-47-44(59)42-51-45(60-53-42)46(2,3)4)40-37-22-33(24-56(37)49-26-48-40)34-7-6-8-36-38(54(5)52-41(34)36)25-55-19-17-29(18-20-55)28-9-11-30(12-10-28)35-15-16-39(57)50-43(35)58/h6-14,21-22,24,26,29,35H,15-20,23,25H2,1-5H3,(H,47,59)(H,50,57,58). The third-order valence-corrected chi connectivity index (χ3v) is 12.0. The first-order valence-corrected chi connectivity index (χ1v) is 20.6. The molecule has 2 aliphatic rings. The molecule has 3 amide bonds. The van der Waals surface area contributed by atoms with Crippen molar-refractivity contribution in [1.82, 2.24) is 50.1 Å². The number of piperidine rings is 2. The van der Waals surface area contributed by atoms with Crippen LogP contribution in [0.25, 0.3) is 38.8 Å². The maximum Gasteiger partial charge on any atom is 0.292 e. The van der Waals surface area contributed by atoms with Gasteiger partial charge in [-0.25, -0.2) is 9.50 Å². The summed E-state index contributed by atoms with van der Waals surface area (Å²) in [5.41, 5.74) is 10.7. The van der Waals surface area contributed by atoms with Gasteiger partial charge in [-0.3, -0.25) is 29.3 Å². The van der Waals surface area contributed by atoms with Crippen LogP contribution in [0.1, 0.15) is 103 Å². The van der Waals surface area contributed by atoms with Crippen molar-refractivity contribution in [3.05, 3.63) is 119 Å². The van der Waals surface area contributed by atoms with Crippen molar-refractivity contribution < 1.29 is 18.9 Å². The maximum atomic E-state index is 12.8. The van der Waals surface area contributed by atoms with Crippen LogP contribution in [0.5, 0.6) is 0 Å². The first-order chi connectivity index (χ1) is 28.9. The highest BCUT2D eigenvalue weighted by Crippen LogP contribution is 2.36. The summed E-state index contributed by atoms with van der Waals surface area (Å²) in [5, 5.41) is 20.0. The smallest absolute Gasteiger partial charge is 0.292 e. The molecule has 0 saturated carbocycles. The fraction of sp³-hybridized carbons (Fsp3) is 0.348. The second-order valence-corrected chi connectivity index (χ2v) is 17.2. The van der Waals surface area contributed by atoms with Gasteiger partial charge < -0.3 is 9.84 Å². The van der Waals surface area contributed by atoms with Crippen LogP contribution >= 0.6 is 0 Å². The molecule has 9 rings (SSSR count). The maximum absolute atomic E-state index is 12.8. The molecule has 14 heteroatoms. The van der Waals surface area contributed by atoms with Crippen LogP contribution in [0.2, 0.25) is 0 Å². The summed E-state index contributed by atoms with van der Waals surface area (Å²) in [6.07, 6.45) is 6.67. The summed E-state index contributed by atoms with van der Waals surface area (Å²) in [7, 11) is 2.03. The SMILES string of the molecule is Cc1cc(-c2ncnn3cc(-c4cccc5c(CN6CCC(c7ccc(C8CCC(=O)NC8=O)cc7)CC6)n(C)nc45)cc23)ccc1CNC(=O)c1noc(C(C)(C)C)n1. The van der Waals surface area contributed by atoms with Crippen molar-refractivity contribution in [3.8, 4) is 22.4 Å². The number of aryl methyl sites for hydroxylation is 2. The Balaban J connectivity index is 0.880. The summed E-state index contributed by atoms with van der Waals surface area (Å²) in [4.78, 5) is 48.3. The first-order valence-electron chi connectivity index (χ1n) is 20.6. The molecule has 0 bridgehead atoms. The van der Waals surface area contributed by atoms with Crippen molar-refractivity contribution in [3.63, 3.8) is 0 Å². The Hall–Kier alpha value is -6.54. The van der Waals surface area contributed by atoms with E-state index in [-0.39, 0.29) is 34.9 Å². The lowest BCUT2D eigenvalue weighted by molar-refractivity contribution is -0.134. The van der Waals surface area contributed by atoms with Crippen molar-refractivity contribution in [2.24, 2.45) is 7.05 Å². The molecule has 2 saturated heterocycles. The first kappa shape index (κ1) is 38.9. The van der Waals surface area contributed by atoms with E-state index in [0.717, 1.165) is 88.0 Å². The molecule has 0 aliphatic carbocycles. The summed E-state index contributed by atoms with van der Waals surface area (Å²) >= 11 is 0. The number of carbonyl (C=O) groups is 3. The number of aromatic nitrogens is 7. The van der Waals surface area contributed by atoms with Crippen LogP contribution in [0, 0.1) is 6.92 Å². The van der Waals surface area contributed by atoms with Crippen LogP contribution in [-0.4, -0.2) is 70.2 Å². The predicted molar refractivity (Wildman–Crippen MR) is 226 cm³/mol. The molecule has 0 spiro atoms. The number of fused-ring (bicyclic) bond motifs is 2. The fourth-order valence-electron chi connectivity index (χ4n) is 8.55. The average molecular weight is 805 g/mol. The van der Waals surface area contributed by atoms with E-state index >= 15 is 0 Å². The van der Waals surface area contributed by atoms with Gasteiger partial charge in [0.15, 0.2) is 0 Å². The highest BCUT2D eigenvalue weighted by atomic mass is 16.5. The fourth-order valence-corrected chi connectivity index (χ4v) is 8.55. The van der Waals surface area contributed by atoms with Gasteiger partial charge in [0.2, 0.25) is 17.7 Å². The zero-order valence-corrected chi connectivity index (χ0v) is 34.5. The van der Waals surface area contributed by atoms with Crippen molar-refractivity contribution >= 4 is 34.1 Å². The second kappa shape index (κ2) is 15.6. The van der Waals surface area contributed by atoms with Gasteiger partial charge in [-0.1, -0.05) is 80.5 Å². The van der Waals surface area contributed by atoms with E-state index in [1.807, 2.05) is 62.3 Å². The molecule has 60 heavy (non-hydrogen) atoms. The number of benzene rings is 3. The average Bonchev–Trinajstić information content (AvgIpc) is 3.99. The summed E-state index contributed by atoms with van der Waals surface area (Å²) in [6.45, 7) is 11.0. The molecule has 4 aromatic heterocycles. The van der Waals surface area contributed by atoms with E-state index in [9.17, 15) is 14.4 Å². The lowest BCUT2D eigenvalue weighted by Gasteiger charge is -2.32. The van der Waals surface area contributed by atoms with E-state index < -0.39 is 0 Å². The molecule has 0 radical (unpaired) electrons. The number of nitrogens with zero attached hydrogens (tertiary/aromatic N) is 8. The van der Waals surface area contributed by atoms with Crippen molar-refractivity contribution in [1.29, 1.82) is 0 Å². The molecule has 1 unspecified atom stereocenters. The van der Waals surface area contributed by atoms with Crippen molar-refractivity contribution in [2.45, 2.75) is 83.7 Å². The monoisotopic (exact) mass is 804 g/mol. The highest BCUT2D eigenvalue weighted by molar-refractivity contribution is 6.01. The molecule has 2 N–H and O–H groups in total. The Morgan fingerprint density at radius 3 is 2.48 bits per heavy atom. The van der Waals surface area contributed by atoms with Gasteiger partial charge in [-0.05, 0) is 79.6 Å². The lowest BCUT2D eigenvalue weighted by Crippen LogP contribution is -2.39. The van der Waals surface area contributed by atoms with Gasteiger partial charge >= 0.3 is 0 Å². The van der Waals surface area contributed by atoms with E-state index in [0.29, 0.717) is 31.2 Å². The predicted octanol–water partition coefficient (Wildman–Crippen LogP) is 6.77. The molecule has 14 nitrogen and oxygen atoms in total. The van der Waals surface area contributed by atoms with Crippen LogP contribution in [0.15, 0.2) is 83.8 Å². The molecule has 2 aliphatic heterocycles. The number of hydrogen-bond acceptors (Lipinski definition) is 10. The van der Waals surface area contributed by atoms with Crippen LogP contribution in [0.4, 0.5) is 0 Å². The van der Waals surface area contributed by atoms with E-state index in [4.69, 9.17) is 14.6 Å². The quantitative estimate of drug-likeness (QED) is 0.149. The number of carbonyl (C=O) groups excluding carboxylic acids is 3. The van der Waals surface area contributed by atoms with Crippen LogP contribution < -0.4 is 10.6 Å². The number of nitrogens with one attached hydrogen (secondary N) is 2. The zero-order chi connectivity index (χ0) is 41.7. The third kappa shape index (κ3) is 7.58. The number of imide groups is 1. The Morgan fingerprint density at radius 1 is 0.967 bits per heavy atom. The van der Waals surface area contributed by atoms with E-state index in [1.165, 1.54) is 11.3 Å². The van der Waals surface area contributed by atoms with E-state index in [1.54, 1.807) is 6.33 Å². The molecule has 306 valence electrons. The van der Waals surface area contributed by atoms with Gasteiger partial charge in [-0.15, -0.1) is 0 Å². The Kier molecular flexibility index (Phi) is 10.1. The minimum absolute atomic E-state index is 0.0187. The summed E-state index contributed by atoms with van der Waals surface area (Å²) < 4.78 is 9.18. The topological polar surface area (TPSA) is 165 Å². The molecular weight excluding hydrogens is 757 g/mol. The third-order valence-electron chi connectivity index (χ3n) is 12.0. The largest absolute Gasteiger partial charge is 0.345 e. The van der Waals surface area contributed by atoms with Gasteiger partial charge in [0.25, 0.3) is 11.7 Å². The molecule has 7 aromatic rings. The molecule has 2 fully saturated rings. The van der Waals surface area contributed by atoms with Gasteiger partial charge in [0.1, 0.15) is 11.8 Å². The second-order valence-electron chi connectivity index (χ2n) is 17.2. The lowest BCUT2D eigenvalue weighted by atomic mass is 9.86. The minimum atomic E-state index is -0.389. The van der Waals surface area contributed by atoms with Crippen molar-refractivity contribution in [2.75, 3.05) is 13.1 Å². The number of amides is 3. The summed E-state index contributed by atoms with van der Waals surface area (Å²) in [6, 6.07) is 23.1. The normalized spacial score (nSPS) is 16.8. The minimum Gasteiger partial charge on any atom is -0.345 e. The Morgan fingerprint density at radius 2 is 1.75 bits per heavy atom. The molecule has 1 atom stereocenters. The number of likely N-dealkylation sites (tertiary alicyclic amines) is 1. The Bertz CT molecular complexity index is 2770. The van der Waals surface area contributed by atoms with Crippen LogP contribution in [-0.2, 0) is 35.1 Å². The zero-order valence-electron chi connectivity index (χ0n) is 34.5. The van der Waals surface area contributed by atoms with Gasteiger partial charge in [0.05, 0.1) is 22.8 Å². The molecular formula is C46H48N10O4. The van der Waals surface area contributed by atoms with Crippen LogP contribution in [0.3, 0.4) is 0 Å². The number of rotatable bonds is 9. The van der Waals surface area contributed by atoms with Gasteiger partial charge in [-0.2, -0.15) is 15.2 Å². The van der Waals surface area contributed by atoms with E-state index in [2.05, 4.69) is 85.4 Å². The summed E-state index contributed by atoms with van der Waals surface area (Å²) in [5.74, 6) is -0.130.